The maximum absolute atomic E-state index is 13.6. The van der Waals surface area contributed by atoms with Gasteiger partial charge in [-0.3, -0.25) is 0 Å². The second-order valence-electron chi connectivity index (χ2n) is 22.0. The average molecular weight is 1340 g/mol. The Kier molecular flexibility index (Phi) is 24.5. The van der Waals surface area contributed by atoms with E-state index in [-0.39, 0.29) is 54.8 Å². The highest BCUT2D eigenvalue weighted by Gasteiger charge is 2.39. The molecule has 0 spiro atoms. The molecule has 90 heavy (non-hydrogen) atoms. The average Bonchev–Trinajstić information content (AvgIpc) is 1.06. The number of para-hydroxylation sites is 4. The predicted molar refractivity (Wildman–Crippen MR) is 324 cm³/mol. The van der Waals surface area contributed by atoms with Crippen LogP contribution in [0.3, 0.4) is 0 Å². The third kappa shape index (κ3) is 20.0. The van der Waals surface area contributed by atoms with Gasteiger partial charge in [0, 0.05) is 44.6 Å². The van der Waals surface area contributed by atoms with Gasteiger partial charge in [0.15, 0.2) is 11.6 Å². The van der Waals surface area contributed by atoms with Crippen molar-refractivity contribution in [3.05, 3.63) is 130 Å². The summed E-state index contributed by atoms with van der Waals surface area (Å²) in [5.41, 5.74) is -1.12. The van der Waals surface area contributed by atoms with Gasteiger partial charge in [0.05, 0.1) is 70.7 Å². The lowest BCUT2D eigenvalue weighted by Crippen LogP contribution is -2.32. The van der Waals surface area contributed by atoms with E-state index in [2.05, 4.69) is 82.6 Å². The lowest BCUT2D eigenvalue weighted by atomic mass is 10.0. The van der Waals surface area contributed by atoms with Crippen LogP contribution in [0.25, 0.3) is 22.1 Å². The molecular formula is C61H73BrF12N16. The monoisotopic (exact) mass is 1340 g/mol. The molecule has 1 N–H and O–H groups in total. The molecule has 0 radical (unpaired) electrons. The highest BCUT2D eigenvalue weighted by Crippen LogP contribution is 2.39. The van der Waals surface area contributed by atoms with Gasteiger partial charge >= 0.3 is 24.7 Å². The van der Waals surface area contributed by atoms with Crippen LogP contribution < -0.4 is 20.0 Å². The van der Waals surface area contributed by atoms with Crippen LogP contribution >= 0.6 is 15.9 Å². The minimum atomic E-state index is -4.97. The van der Waals surface area contributed by atoms with Crippen molar-refractivity contribution in [3.8, 4) is 0 Å². The molecule has 4 aromatic carbocycles. The summed E-state index contributed by atoms with van der Waals surface area (Å²) < 4.78 is 158. The first kappa shape index (κ1) is 70.0. The zero-order valence-electron chi connectivity index (χ0n) is 50.8. The Morgan fingerprint density at radius 3 is 1.27 bits per heavy atom. The topological polar surface area (TPSA) is 161 Å². The van der Waals surface area contributed by atoms with Gasteiger partial charge in [-0.15, -0.1) is 10.2 Å². The maximum atomic E-state index is 13.6. The number of aromatic nitrogens is 12. The van der Waals surface area contributed by atoms with Crippen LogP contribution in [0, 0.1) is 11.8 Å². The number of nitrogens with one attached hydrogen (secondary N) is 1. The van der Waals surface area contributed by atoms with E-state index in [4.69, 9.17) is 19.9 Å². The fraction of sp³-hybridized carbons (Fsp3) is 0.508. The smallest absolute Gasteiger partial charge is 0.355 e. The van der Waals surface area contributed by atoms with Gasteiger partial charge in [0.1, 0.15) is 5.69 Å². The summed E-state index contributed by atoms with van der Waals surface area (Å²) >= 11 is 3.58. The van der Waals surface area contributed by atoms with Gasteiger partial charge in [0.25, 0.3) is 11.9 Å². The summed E-state index contributed by atoms with van der Waals surface area (Å²) in [6.07, 6.45) is -5.55. The van der Waals surface area contributed by atoms with Crippen molar-refractivity contribution in [1.82, 2.24) is 60.4 Å². The van der Waals surface area contributed by atoms with E-state index < -0.39 is 47.0 Å². The van der Waals surface area contributed by atoms with Crippen molar-refractivity contribution in [2.45, 2.75) is 148 Å². The van der Waals surface area contributed by atoms with E-state index in [1.54, 1.807) is 6.07 Å². The zero-order chi connectivity index (χ0) is 65.4. The number of tetrazole rings is 2. The largest absolute Gasteiger partial charge is 0.416 e. The number of anilines is 4. The molecule has 8 aromatic rings. The number of rotatable bonds is 19. The van der Waals surface area contributed by atoms with Crippen molar-refractivity contribution in [1.29, 1.82) is 0 Å². The van der Waals surface area contributed by atoms with Gasteiger partial charge in [-0.1, -0.05) is 109 Å². The third-order valence-electron chi connectivity index (χ3n) is 15.1. The standard InChI is InChI=1S/C28H30F6N8.C17H22BrN3.C11H9F6N5.C5H12/c1-3-41(15-18-8-4-5-9-18)25-24(35-22-10-6-7-11-23(22)36-25)17-42(26-37-39-40(2)38-26)16-19-12-20(27(29,30)31)14-21(13-19)28(32,33)34;1-2-21(12-13-7-3-4-8-13)17-16(11-18)19-14-9-5-6-10-15(14)20-17;1-22-20-9(19-21-22)18-5-6-2-7(10(12,13)14)4-8(3-6)11(15,16)17;1-3-5-4-2/h6-7,10-14,18H,3-5,8-9,15-17H2,1-2H3;5-6,9-10,13H,2-4,7-8,11-12H2,1H3;2-4H,5H2,1H3,(H,18,20);3-5H2,1-2H3. The summed E-state index contributed by atoms with van der Waals surface area (Å²) in [5, 5.41) is 26.0. The number of aryl methyl sites for hydroxylation is 2. The minimum Gasteiger partial charge on any atom is -0.355 e. The van der Waals surface area contributed by atoms with E-state index in [0.29, 0.717) is 59.3 Å². The Morgan fingerprint density at radius 1 is 0.500 bits per heavy atom. The van der Waals surface area contributed by atoms with Crippen molar-refractivity contribution >= 4 is 61.5 Å². The highest BCUT2D eigenvalue weighted by atomic mass is 79.9. The lowest BCUT2D eigenvalue weighted by molar-refractivity contribution is -0.144. The van der Waals surface area contributed by atoms with Crippen LogP contribution in [-0.4, -0.2) is 86.5 Å². The quantitative estimate of drug-likeness (QED) is 0.0601. The number of hydrogen-bond donors (Lipinski definition) is 1. The number of nitrogens with zero attached hydrogens (tertiary/aromatic N) is 15. The molecule has 2 saturated carbocycles. The number of halogens is 13. The molecule has 2 aliphatic carbocycles. The molecule has 0 unspecified atom stereocenters. The normalized spacial score (nSPS) is 14.0. The Bertz CT molecular complexity index is 3480. The van der Waals surface area contributed by atoms with Crippen molar-refractivity contribution in [2.75, 3.05) is 46.2 Å². The van der Waals surface area contributed by atoms with Gasteiger partial charge in [-0.05, 0) is 134 Å². The molecule has 4 aromatic heterocycles. The number of alkyl halides is 13. The van der Waals surface area contributed by atoms with Gasteiger partial charge in [0.2, 0.25) is 0 Å². The number of fused-ring (bicyclic) bond motifs is 2. The second kappa shape index (κ2) is 31.5. The number of unbranched alkanes of at least 4 members (excludes halogenated alkanes) is 2. The molecule has 488 valence electrons. The molecule has 0 saturated heterocycles. The molecule has 10 rings (SSSR count). The fourth-order valence-electron chi connectivity index (χ4n) is 10.6. The SMILES string of the molecule is CCCCC.CCN(CC1CCCC1)c1nc2ccccc2nc1CBr.CCN(CC1CCCC1)c1nc2ccccc2nc1CN(Cc1cc(C(F)(F)F)cc(C(F)(F)F)c1)c1nnn(C)n1.Cn1nnc(NCc2cc(C(F)(F)F)cc(C(F)(F)F)c2)n1. The molecule has 2 aliphatic rings. The van der Waals surface area contributed by atoms with E-state index in [0.717, 1.165) is 71.1 Å². The number of benzene rings is 4. The van der Waals surface area contributed by atoms with Gasteiger partial charge in [-0.2, -0.15) is 62.3 Å². The molecule has 4 heterocycles. The maximum Gasteiger partial charge on any atom is 0.416 e. The Labute approximate surface area is 522 Å². The van der Waals surface area contributed by atoms with E-state index in [1.165, 1.54) is 81.6 Å². The second-order valence-corrected chi connectivity index (χ2v) is 22.6. The third-order valence-corrected chi connectivity index (χ3v) is 15.6. The van der Waals surface area contributed by atoms with Crippen molar-refractivity contribution in [3.63, 3.8) is 0 Å². The summed E-state index contributed by atoms with van der Waals surface area (Å²) in [6.45, 7) is 11.5. The summed E-state index contributed by atoms with van der Waals surface area (Å²) in [7, 11) is 2.98. The molecule has 0 amide bonds. The van der Waals surface area contributed by atoms with E-state index in [1.807, 2.05) is 49.4 Å². The minimum absolute atomic E-state index is 0.00605. The molecule has 29 heteroatoms. The molecule has 0 bridgehead atoms. The van der Waals surface area contributed by atoms with Gasteiger partial charge < -0.3 is 20.0 Å². The Balaban J connectivity index is 0.000000201. The predicted octanol–water partition coefficient (Wildman–Crippen LogP) is 16.0. The zero-order valence-corrected chi connectivity index (χ0v) is 52.4. The first-order valence-electron chi connectivity index (χ1n) is 29.8. The van der Waals surface area contributed by atoms with Crippen LogP contribution in [0.4, 0.5) is 76.2 Å². The van der Waals surface area contributed by atoms with Crippen LogP contribution in [0.1, 0.15) is 143 Å². The summed E-state index contributed by atoms with van der Waals surface area (Å²) in [6, 6.07) is 18.3. The fourth-order valence-corrected chi connectivity index (χ4v) is 11.0. The van der Waals surface area contributed by atoms with E-state index >= 15 is 0 Å². The lowest BCUT2D eigenvalue weighted by Gasteiger charge is -2.29. The number of hydrogen-bond acceptors (Lipinski definition) is 14. The van der Waals surface area contributed by atoms with Crippen LogP contribution in [0.5, 0.6) is 0 Å². The van der Waals surface area contributed by atoms with E-state index in [9.17, 15) is 52.7 Å². The molecule has 0 aliphatic heterocycles. The molecule has 2 fully saturated rings. The first-order valence-corrected chi connectivity index (χ1v) is 30.9. The summed E-state index contributed by atoms with van der Waals surface area (Å²) in [4.78, 5) is 27.7. The molecular weight excluding hydrogens is 1260 g/mol. The summed E-state index contributed by atoms with van der Waals surface area (Å²) in [5.74, 6) is 3.00. The van der Waals surface area contributed by atoms with Gasteiger partial charge in [-0.25, -0.2) is 19.9 Å². The Morgan fingerprint density at radius 2 is 0.900 bits per heavy atom. The molecule has 16 nitrogen and oxygen atoms in total. The van der Waals surface area contributed by atoms with Crippen LogP contribution in [0.2, 0.25) is 0 Å². The highest BCUT2D eigenvalue weighted by molar-refractivity contribution is 9.08. The van der Waals surface area contributed by atoms with Crippen LogP contribution in [0.15, 0.2) is 84.9 Å². The van der Waals surface area contributed by atoms with Crippen molar-refractivity contribution in [2.24, 2.45) is 25.9 Å². The van der Waals surface area contributed by atoms with Crippen molar-refractivity contribution < 1.29 is 52.7 Å². The molecule has 0 atom stereocenters. The van der Waals surface area contributed by atoms with Crippen LogP contribution in [-0.2, 0) is 63.8 Å². The Hall–Kier alpha value is -7.46. The first-order chi connectivity index (χ1) is 42.7.